The molecule has 174 valence electrons. The fourth-order valence-electron chi connectivity index (χ4n) is 4.50. The van der Waals surface area contributed by atoms with Gasteiger partial charge in [0, 0.05) is 31.2 Å². The van der Waals surface area contributed by atoms with E-state index >= 15 is 0 Å². The molecular weight excluding hydrogens is 426 g/mol. The number of ether oxygens (including phenoxy) is 1. The number of sulfonamides is 1. The first kappa shape index (κ1) is 24.2. The summed E-state index contributed by atoms with van der Waals surface area (Å²) in [5.41, 5.74) is 2.67. The van der Waals surface area contributed by atoms with Crippen LogP contribution in [0.5, 0.6) is 5.75 Å². The van der Waals surface area contributed by atoms with Crippen LogP contribution in [0.1, 0.15) is 44.9 Å². The van der Waals surface area contributed by atoms with Gasteiger partial charge in [-0.2, -0.15) is 0 Å². The van der Waals surface area contributed by atoms with E-state index in [-0.39, 0.29) is 29.4 Å². The van der Waals surface area contributed by atoms with Gasteiger partial charge in [0.15, 0.2) is 0 Å². The molecule has 0 aromatic heterocycles. The van der Waals surface area contributed by atoms with Gasteiger partial charge in [-0.05, 0) is 67.9 Å². The van der Waals surface area contributed by atoms with Crippen molar-refractivity contribution in [1.29, 1.82) is 0 Å². The molecule has 2 aromatic rings. The Morgan fingerprint density at radius 3 is 2.56 bits per heavy atom. The minimum atomic E-state index is -3.72. The maximum atomic E-state index is 13.2. The SMILES string of the molecule is CCN(CC)C(CNS(=O)(=O)c1ccc2c(c1)CC(C)N2C(C)=O)c1cccc(OC)c1. The molecule has 0 bridgehead atoms. The van der Waals surface area contributed by atoms with Crippen LogP contribution in [0.3, 0.4) is 0 Å². The monoisotopic (exact) mass is 459 g/mol. The number of fused-ring (bicyclic) bond motifs is 1. The number of rotatable bonds is 9. The number of carbonyl (C=O) groups is 1. The number of hydrogen-bond acceptors (Lipinski definition) is 5. The second kappa shape index (κ2) is 10.0. The summed E-state index contributed by atoms with van der Waals surface area (Å²) in [7, 11) is -2.10. The first-order chi connectivity index (χ1) is 15.2. The average Bonchev–Trinajstić information content (AvgIpc) is 3.11. The first-order valence-corrected chi connectivity index (χ1v) is 12.5. The zero-order valence-electron chi connectivity index (χ0n) is 19.5. The largest absolute Gasteiger partial charge is 0.497 e. The van der Waals surface area contributed by atoms with Crippen LogP contribution in [-0.2, 0) is 21.2 Å². The predicted octanol–water partition coefficient (Wildman–Crippen LogP) is 3.35. The van der Waals surface area contributed by atoms with Gasteiger partial charge in [0.2, 0.25) is 15.9 Å². The number of nitrogens with one attached hydrogen (secondary N) is 1. The van der Waals surface area contributed by atoms with E-state index in [4.69, 9.17) is 4.74 Å². The molecule has 0 fully saturated rings. The lowest BCUT2D eigenvalue weighted by molar-refractivity contribution is -0.116. The van der Waals surface area contributed by atoms with Crippen LogP contribution in [-0.4, -0.2) is 52.0 Å². The molecule has 8 heteroatoms. The highest BCUT2D eigenvalue weighted by Crippen LogP contribution is 2.34. The van der Waals surface area contributed by atoms with Crippen molar-refractivity contribution < 1.29 is 17.9 Å². The van der Waals surface area contributed by atoms with Crippen molar-refractivity contribution in [3.63, 3.8) is 0 Å². The van der Waals surface area contributed by atoms with Gasteiger partial charge in [-0.25, -0.2) is 13.1 Å². The Hall–Kier alpha value is -2.42. The number of methoxy groups -OCH3 is 1. The summed E-state index contributed by atoms with van der Waals surface area (Å²) in [5, 5.41) is 0. The summed E-state index contributed by atoms with van der Waals surface area (Å²) in [5.74, 6) is 0.704. The third-order valence-corrected chi connectivity index (χ3v) is 7.54. The molecule has 2 aromatic carbocycles. The van der Waals surface area contributed by atoms with Crippen molar-refractivity contribution in [3.05, 3.63) is 53.6 Å². The molecule has 2 unspecified atom stereocenters. The van der Waals surface area contributed by atoms with Gasteiger partial charge in [-0.15, -0.1) is 0 Å². The lowest BCUT2D eigenvalue weighted by Crippen LogP contribution is -2.38. The highest BCUT2D eigenvalue weighted by Gasteiger charge is 2.30. The van der Waals surface area contributed by atoms with Gasteiger partial charge in [0.1, 0.15) is 5.75 Å². The van der Waals surface area contributed by atoms with E-state index in [9.17, 15) is 13.2 Å². The second-order valence-corrected chi connectivity index (χ2v) is 9.87. The molecule has 1 aliphatic heterocycles. The summed E-state index contributed by atoms with van der Waals surface area (Å²) < 4.78 is 34.5. The normalized spacial score (nSPS) is 16.8. The Morgan fingerprint density at radius 2 is 1.94 bits per heavy atom. The van der Waals surface area contributed by atoms with Gasteiger partial charge in [0.05, 0.1) is 12.0 Å². The molecule has 0 saturated carbocycles. The molecule has 0 radical (unpaired) electrons. The molecule has 0 aliphatic carbocycles. The van der Waals surface area contributed by atoms with Crippen LogP contribution >= 0.6 is 0 Å². The molecular formula is C24H33N3O4S. The number of nitrogens with zero attached hydrogens (tertiary/aromatic N) is 2. The molecule has 3 rings (SSSR count). The van der Waals surface area contributed by atoms with Crippen LogP contribution in [0.4, 0.5) is 5.69 Å². The molecule has 0 saturated heterocycles. The molecule has 1 aliphatic rings. The second-order valence-electron chi connectivity index (χ2n) is 8.10. The van der Waals surface area contributed by atoms with Gasteiger partial charge >= 0.3 is 0 Å². The van der Waals surface area contributed by atoms with Crippen molar-refractivity contribution >= 4 is 21.6 Å². The van der Waals surface area contributed by atoms with Crippen molar-refractivity contribution in [2.45, 2.75) is 51.1 Å². The van der Waals surface area contributed by atoms with Gasteiger partial charge in [-0.3, -0.25) is 9.69 Å². The molecule has 7 nitrogen and oxygen atoms in total. The van der Waals surface area contributed by atoms with Crippen LogP contribution < -0.4 is 14.4 Å². The lowest BCUT2D eigenvalue weighted by Gasteiger charge is -2.30. The molecule has 1 heterocycles. The van der Waals surface area contributed by atoms with Gasteiger partial charge in [-0.1, -0.05) is 26.0 Å². The molecule has 0 spiro atoms. The fourth-order valence-corrected chi connectivity index (χ4v) is 5.59. The van der Waals surface area contributed by atoms with Crippen molar-refractivity contribution in [2.75, 3.05) is 31.6 Å². The topological polar surface area (TPSA) is 79.0 Å². The number of likely N-dealkylation sites (N-methyl/N-ethyl adjacent to an activating group) is 1. The number of benzene rings is 2. The van der Waals surface area contributed by atoms with E-state index in [0.29, 0.717) is 6.42 Å². The van der Waals surface area contributed by atoms with Gasteiger partial charge < -0.3 is 9.64 Å². The third kappa shape index (κ3) is 4.98. The summed E-state index contributed by atoms with van der Waals surface area (Å²) in [6.07, 6.45) is 0.643. The van der Waals surface area contributed by atoms with Crippen LogP contribution in [0.25, 0.3) is 0 Å². The molecule has 32 heavy (non-hydrogen) atoms. The smallest absolute Gasteiger partial charge is 0.240 e. The number of anilines is 1. The molecule has 2 atom stereocenters. The quantitative estimate of drug-likeness (QED) is 0.622. The standard InChI is InChI=1S/C24H33N3O4S/c1-6-26(7-2)24(19-9-8-10-21(14-19)31-5)16-25-32(29,30)22-11-12-23-20(15-22)13-17(3)27(23)18(4)28/h8-12,14-15,17,24-25H,6-7,13,16H2,1-5H3. The summed E-state index contributed by atoms with van der Waals surface area (Å²) in [6, 6.07) is 12.6. The minimum Gasteiger partial charge on any atom is -0.497 e. The van der Waals surface area contributed by atoms with E-state index in [1.54, 1.807) is 30.2 Å². The lowest BCUT2D eigenvalue weighted by atomic mass is 10.0. The maximum Gasteiger partial charge on any atom is 0.240 e. The Bertz CT molecular complexity index is 1070. The Kier molecular flexibility index (Phi) is 7.59. The van der Waals surface area contributed by atoms with E-state index in [1.165, 1.54) is 6.92 Å². The number of amides is 1. The minimum absolute atomic E-state index is 0.0218. The fraction of sp³-hybridized carbons (Fsp3) is 0.458. The molecule has 1 amide bonds. The third-order valence-electron chi connectivity index (χ3n) is 6.11. The van der Waals surface area contributed by atoms with Crippen molar-refractivity contribution in [3.8, 4) is 5.75 Å². The zero-order chi connectivity index (χ0) is 23.5. The van der Waals surface area contributed by atoms with Crippen LogP contribution in [0, 0.1) is 0 Å². The van der Waals surface area contributed by atoms with Crippen molar-refractivity contribution in [1.82, 2.24) is 9.62 Å². The Morgan fingerprint density at radius 1 is 1.22 bits per heavy atom. The zero-order valence-corrected chi connectivity index (χ0v) is 20.3. The van der Waals surface area contributed by atoms with Crippen molar-refractivity contribution in [2.24, 2.45) is 0 Å². The van der Waals surface area contributed by atoms with E-state index in [1.807, 2.05) is 31.2 Å². The first-order valence-electron chi connectivity index (χ1n) is 11.0. The van der Waals surface area contributed by atoms with E-state index in [0.717, 1.165) is 35.7 Å². The predicted molar refractivity (Wildman–Crippen MR) is 127 cm³/mol. The van der Waals surface area contributed by atoms with E-state index < -0.39 is 10.0 Å². The van der Waals surface area contributed by atoms with Crippen LogP contribution in [0.2, 0.25) is 0 Å². The highest BCUT2D eigenvalue weighted by molar-refractivity contribution is 7.89. The number of carbonyl (C=O) groups excluding carboxylic acids is 1. The highest BCUT2D eigenvalue weighted by atomic mass is 32.2. The van der Waals surface area contributed by atoms with Gasteiger partial charge in [0.25, 0.3) is 0 Å². The Balaban J connectivity index is 1.84. The van der Waals surface area contributed by atoms with Crippen LogP contribution in [0.15, 0.2) is 47.4 Å². The summed E-state index contributed by atoms with van der Waals surface area (Å²) in [6.45, 7) is 9.45. The summed E-state index contributed by atoms with van der Waals surface area (Å²) in [4.78, 5) is 16.1. The Labute approximate surface area is 191 Å². The number of hydrogen-bond donors (Lipinski definition) is 1. The summed E-state index contributed by atoms with van der Waals surface area (Å²) >= 11 is 0. The van der Waals surface area contributed by atoms with E-state index in [2.05, 4.69) is 23.5 Å². The average molecular weight is 460 g/mol. The molecule has 1 N–H and O–H groups in total. The maximum absolute atomic E-state index is 13.2.